The Morgan fingerprint density at radius 1 is 1.15 bits per heavy atom. The highest BCUT2D eigenvalue weighted by molar-refractivity contribution is 7.10. The van der Waals surface area contributed by atoms with Gasteiger partial charge in [-0.3, -0.25) is 9.59 Å². The van der Waals surface area contributed by atoms with E-state index in [1.807, 2.05) is 29.6 Å². The third-order valence-electron chi connectivity index (χ3n) is 4.76. The third-order valence-corrected chi connectivity index (χ3v) is 5.69. The van der Waals surface area contributed by atoms with Gasteiger partial charge in [-0.05, 0) is 23.6 Å². The van der Waals surface area contributed by atoms with E-state index in [1.165, 1.54) is 4.90 Å². The molecule has 5 nitrogen and oxygen atoms in total. The van der Waals surface area contributed by atoms with Crippen LogP contribution in [0.3, 0.4) is 0 Å². The van der Waals surface area contributed by atoms with Crippen molar-refractivity contribution in [3.05, 3.63) is 68.2 Å². The number of amides is 1. The zero-order valence-corrected chi connectivity index (χ0v) is 15.6. The number of carbonyl (C=O) groups excluding carboxylic acids is 1. The molecule has 1 aliphatic rings. The Kier molecular flexibility index (Phi) is 4.38. The van der Waals surface area contributed by atoms with E-state index in [9.17, 15) is 9.59 Å². The molecule has 0 saturated heterocycles. The van der Waals surface area contributed by atoms with Crippen molar-refractivity contribution in [2.45, 2.75) is 12.5 Å². The molecule has 26 heavy (non-hydrogen) atoms. The highest BCUT2D eigenvalue weighted by Gasteiger charge is 2.42. The highest BCUT2D eigenvalue weighted by atomic mass is 32.1. The Morgan fingerprint density at radius 3 is 2.69 bits per heavy atom. The van der Waals surface area contributed by atoms with E-state index in [1.54, 1.807) is 28.4 Å². The molecule has 0 aliphatic carbocycles. The number of nitrogens with one attached hydrogen (secondary N) is 1. The van der Waals surface area contributed by atoms with E-state index in [0.717, 1.165) is 17.8 Å². The van der Waals surface area contributed by atoms with Crippen LogP contribution in [0.2, 0.25) is 0 Å². The molecule has 1 aliphatic heterocycles. The molecule has 1 aromatic carbocycles. The summed E-state index contributed by atoms with van der Waals surface area (Å²) in [6.07, 6.45) is 0.873. The zero-order valence-electron chi connectivity index (χ0n) is 14.8. The normalized spacial score (nSPS) is 16.7. The highest BCUT2D eigenvalue weighted by Crippen LogP contribution is 2.39. The molecule has 6 heteroatoms. The van der Waals surface area contributed by atoms with Crippen LogP contribution in [0.5, 0.6) is 0 Å². The minimum Gasteiger partial charge on any atom is -0.450 e. The van der Waals surface area contributed by atoms with Gasteiger partial charge in [0, 0.05) is 17.8 Å². The molecule has 1 atom stereocenters. The number of carbonyl (C=O) groups is 1. The second-order valence-electron chi connectivity index (χ2n) is 6.90. The largest absolute Gasteiger partial charge is 0.450 e. The summed E-state index contributed by atoms with van der Waals surface area (Å²) in [5.41, 5.74) is 0.844. The van der Waals surface area contributed by atoms with Crippen LogP contribution >= 0.6 is 11.3 Å². The van der Waals surface area contributed by atoms with Crippen LogP contribution in [0.15, 0.2) is 51.0 Å². The zero-order chi connectivity index (χ0) is 18.3. The number of quaternary nitrogens is 1. The lowest BCUT2D eigenvalue weighted by atomic mass is 10.0. The number of para-hydroxylation sites is 1. The summed E-state index contributed by atoms with van der Waals surface area (Å²) < 4.78 is 5.89. The van der Waals surface area contributed by atoms with Crippen LogP contribution in [-0.4, -0.2) is 38.0 Å². The van der Waals surface area contributed by atoms with E-state index in [-0.39, 0.29) is 23.1 Å². The average molecular weight is 369 g/mol. The number of hydrogen-bond acceptors (Lipinski definition) is 4. The van der Waals surface area contributed by atoms with Gasteiger partial charge in [0.2, 0.25) is 5.76 Å². The maximum absolute atomic E-state index is 13.2. The Labute approximate surface area is 155 Å². The van der Waals surface area contributed by atoms with Gasteiger partial charge in [0.25, 0.3) is 5.91 Å². The first-order chi connectivity index (χ1) is 12.6. The first-order valence-corrected chi connectivity index (χ1v) is 9.65. The quantitative estimate of drug-likeness (QED) is 0.748. The van der Waals surface area contributed by atoms with Crippen molar-refractivity contribution in [2.24, 2.45) is 0 Å². The van der Waals surface area contributed by atoms with Gasteiger partial charge in [0.05, 0.1) is 37.6 Å². The van der Waals surface area contributed by atoms with Crippen LogP contribution < -0.4 is 10.3 Å². The Bertz CT molecular complexity index is 1010. The Hall–Kier alpha value is -2.44. The maximum atomic E-state index is 13.2. The number of nitrogens with zero attached hydrogens (tertiary/aromatic N) is 1. The molecular weight excluding hydrogens is 348 g/mol. The first kappa shape index (κ1) is 17.0. The molecule has 134 valence electrons. The summed E-state index contributed by atoms with van der Waals surface area (Å²) in [5, 5.41) is 2.50. The SMILES string of the molecule is C[NH+](C)CCCN1C(=O)c2oc3ccccc3c(=O)c2[C@H]1c1cccs1. The van der Waals surface area contributed by atoms with E-state index in [0.29, 0.717) is 23.1 Å². The van der Waals surface area contributed by atoms with E-state index >= 15 is 0 Å². The van der Waals surface area contributed by atoms with Crippen molar-refractivity contribution in [2.75, 3.05) is 27.2 Å². The van der Waals surface area contributed by atoms with Crippen molar-refractivity contribution in [3.63, 3.8) is 0 Å². The van der Waals surface area contributed by atoms with E-state index < -0.39 is 0 Å². The number of rotatable bonds is 5. The summed E-state index contributed by atoms with van der Waals surface area (Å²) in [5.74, 6) is 0.0132. The second kappa shape index (κ2) is 6.70. The third kappa shape index (κ3) is 2.75. The molecule has 3 aromatic rings. The van der Waals surface area contributed by atoms with Crippen molar-refractivity contribution < 1.29 is 14.1 Å². The fraction of sp³-hybridized carbons (Fsp3) is 0.300. The second-order valence-corrected chi connectivity index (χ2v) is 7.88. The van der Waals surface area contributed by atoms with Gasteiger partial charge >= 0.3 is 0 Å². The maximum Gasteiger partial charge on any atom is 0.290 e. The molecule has 0 saturated carbocycles. The number of benzene rings is 1. The predicted molar refractivity (Wildman–Crippen MR) is 102 cm³/mol. The molecule has 3 heterocycles. The van der Waals surface area contributed by atoms with Crippen molar-refractivity contribution in [1.29, 1.82) is 0 Å². The minimum absolute atomic E-state index is 0.102. The molecule has 0 spiro atoms. The average Bonchev–Trinajstić information content (AvgIpc) is 3.23. The summed E-state index contributed by atoms with van der Waals surface area (Å²) in [6.45, 7) is 1.56. The van der Waals surface area contributed by atoms with Gasteiger partial charge in [-0.25, -0.2) is 0 Å². The summed E-state index contributed by atoms with van der Waals surface area (Å²) in [4.78, 5) is 30.4. The van der Waals surface area contributed by atoms with E-state index in [4.69, 9.17) is 4.42 Å². The van der Waals surface area contributed by atoms with Crippen LogP contribution in [0.4, 0.5) is 0 Å². The number of hydrogen-bond donors (Lipinski definition) is 1. The summed E-state index contributed by atoms with van der Waals surface area (Å²) >= 11 is 1.56. The van der Waals surface area contributed by atoms with Crippen LogP contribution in [-0.2, 0) is 0 Å². The van der Waals surface area contributed by atoms with Gasteiger partial charge in [-0.1, -0.05) is 18.2 Å². The summed E-state index contributed by atoms with van der Waals surface area (Å²) in [7, 11) is 4.18. The minimum atomic E-state index is -0.351. The standard InChI is InChI=1S/C20H20N2O3S/c1-21(2)10-6-11-22-17(15-9-5-12-26-15)16-18(23)13-7-3-4-8-14(13)25-19(16)20(22)24/h3-5,7-9,12,17H,6,10-11H2,1-2H3/p+1/t17-/m1/s1. The number of fused-ring (bicyclic) bond motifs is 2. The molecule has 0 bridgehead atoms. The van der Waals surface area contributed by atoms with Crippen molar-refractivity contribution in [3.8, 4) is 0 Å². The summed E-state index contributed by atoms with van der Waals surface area (Å²) in [6, 6.07) is 10.7. The van der Waals surface area contributed by atoms with Crippen LogP contribution in [0, 0.1) is 0 Å². The van der Waals surface area contributed by atoms with Gasteiger partial charge in [0.15, 0.2) is 5.43 Å². The molecule has 4 rings (SSSR count). The topological polar surface area (TPSA) is 55.0 Å². The molecule has 1 N–H and O–H groups in total. The molecular formula is C20H21N2O3S+. The first-order valence-electron chi connectivity index (χ1n) is 8.77. The smallest absolute Gasteiger partial charge is 0.290 e. The fourth-order valence-corrected chi connectivity index (χ4v) is 4.39. The van der Waals surface area contributed by atoms with Gasteiger partial charge in [0.1, 0.15) is 5.58 Å². The van der Waals surface area contributed by atoms with E-state index in [2.05, 4.69) is 14.1 Å². The lowest BCUT2D eigenvalue weighted by molar-refractivity contribution is -0.858. The molecule has 0 fully saturated rings. The van der Waals surface area contributed by atoms with Gasteiger partial charge < -0.3 is 14.2 Å². The van der Waals surface area contributed by atoms with Gasteiger partial charge in [-0.2, -0.15) is 0 Å². The van der Waals surface area contributed by atoms with Crippen molar-refractivity contribution in [1.82, 2.24) is 4.90 Å². The van der Waals surface area contributed by atoms with Gasteiger partial charge in [-0.15, -0.1) is 11.3 Å². The molecule has 1 amide bonds. The number of thiophene rings is 1. The molecule has 0 radical (unpaired) electrons. The van der Waals surface area contributed by atoms with Crippen LogP contribution in [0.1, 0.15) is 33.5 Å². The van der Waals surface area contributed by atoms with Crippen LogP contribution in [0.25, 0.3) is 11.0 Å². The monoisotopic (exact) mass is 369 g/mol. The Morgan fingerprint density at radius 2 is 1.96 bits per heavy atom. The fourth-order valence-electron chi connectivity index (χ4n) is 3.54. The molecule has 2 aromatic heterocycles. The Balaban J connectivity index is 1.84. The van der Waals surface area contributed by atoms with Crippen molar-refractivity contribution >= 4 is 28.2 Å². The lowest BCUT2D eigenvalue weighted by Crippen LogP contribution is -3.05. The lowest BCUT2D eigenvalue weighted by Gasteiger charge is -2.24. The molecule has 0 unspecified atom stereocenters. The predicted octanol–water partition coefficient (Wildman–Crippen LogP) is 1.93.